The van der Waals surface area contributed by atoms with Crippen molar-refractivity contribution in [1.29, 1.82) is 0 Å². The zero-order chi connectivity index (χ0) is 22.2. The van der Waals surface area contributed by atoms with Crippen LogP contribution in [-0.4, -0.2) is 63.8 Å². The Bertz CT molecular complexity index is 392. The van der Waals surface area contributed by atoms with Gasteiger partial charge in [-0.3, -0.25) is 0 Å². The molecule has 0 amide bonds. The van der Waals surface area contributed by atoms with Crippen LogP contribution in [0, 0.1) is 0 Å². The van der Waals surface area contributed by atoms with Crippen molar-refractivity contribution >= 4 is 0 Å². The van der Waals surface area contributed by atoms with Gasteiger partial charge < -0.3 is 29.9 Å². The molecule has 6 nitrogen and oxygen atoms in total. The Balaban J connectivity index is 2.47. The van der Waals surface area contributed by atoms with Crippen LogP contribution >= 0.6 is 0 Å². The summed E-state index contributed by atoms with van der Waals surface area (Å²) < 4.78 is 11.6. The molecule has 0 aromatic rings. The first-order valence-corrected chi connectivity index (χ1v) is 12.5. The lowest BCUT2D eigenvalue weighted by Gasteiger charge is -2.41. The van der Waals surface area contributed by atoms with E-state index in [1.807, 2.05) is 0 Å². The van der Waals surface area contributed by atoms with Crippen molar-refractivity contribution in [2.45, 2.75) is 147 Å². The van der Waals surface area contributed by atoms with Crippen LogP contribution in [0.4, 0.5) is 0 Å². The molecule has 180 valence electrons. The average Bonchev–Trinajstić information content (AvgIpc) is 2.75. The van der Waals surface area contributed by atoms with Crippen molar-refractivity contribution < 1.29 is 29.9 Å². The molecule has 2 unspecified atom stereocenters. The van der Waals surface area contributed by atoms with Gasteiger partial charge in [0.05, 0.1) is 12.7 Å². The molecule has 6 atom stereocenters. The van der Waals surface area contributed by atoms with E-state index in [9.17, 15) is 20.4 Å². The SMILES string of the molecule is CCCCCCCCCC(CCCCCCCC)OC1O[C@H](CO)[C@@H](O)[C@H](O)[C@H]1O. The van der Waals surface area contributed by atoms with Gasteiger partial charge in [-0.25, -0.2) is 0 Å². The van der Waals surface area contributed by atoms with E-state index in [1.165, 1.54) is 70.6 Å². The van der Waals surface area contributed by atoms with Crippen molar-refractivity contribution in [1.82, 2.24) is 0 Å². The summed E-state index contributed by atoms with van der Waals surface area (Å²) in [5, 5.41) is 39.7. The number of aliphatic hydroxyl groups excluding tert-OH is 4. The minimum atomic E-state index is -1.38. The van der Waals surface area contributed by atoms with Crippen LogP contribution in [0.15, 0.2) is 0 Å². The van der Waals surface area contributed by atoms with Crippen molar-refractivity contribution in [2.75, 3.05) is 6.61 Å². The molecule has 0 radical (unpaired) electrons. The highest BCUT2D eigenvalue weighted by molar-refractivity contribution is 4.89. The largest absolute Gasteiger partial charge is 0.394 e. The maximum absolute atomic E-state index is 10.3. The van der Waals surface area contributed by atoms with Gasteiger partial charge in [-0.1, -0.05) is 97.3 Å². The van der Waals surface area contributed by atoms with Crippen LogP contribution in [0.5, 0.6) is 0 Å². The van der Waals surface area contributed by atoms with E-state index in [2.05, 4.69) is 13.8 Å². The number of unbranched alkanes of at least 4 members (excludes halogenated alkanes) is 11. The maximum Gasteiger partial charge on any atom is 0.186 e. The van der Waals surface area contributed by atoms with Gasteiger partial charge in [0.1, 0.15) is 24.4 Å². The molecule has 0 aromatic heterocycles. The van der Waals surface area contributed by atoms with Crippen LogP contribution in [-0.2, 0) is 9.47 Å². The third-order valence-corrected chi connectivity index (χ3v) is 6.18. The molecule has 1 aliphatic heterocycles. The highest BCUT2D eigenvalue weighted by Gasteiger charge is 2.44. The van der Waals surface area contributed by atoms with Crippen molar-refractivity contribution in [3.8, 4) is 0 Å². The lowest BCUT2D eigenvalue weighted by atomic mass is 9.98. The van der Waals surface area contributed by atoms with Crippen LogP contribution in [0.1, 0.15) is 110 Å². The first-order chi connectivity index (χ1) is 14.5. The lowest BCUT2D eigenvalue weighted by Crippen LogP contribution is -2.59. The predicted octanol–water partition coefficient (Wildman–Crippen LogP) is 4.06. The summed E-state index contributed by atoms with van der Waals surface area (Å²) in [5.74, 6) is 0. The summed E-state index contributed by atoms with van der Waals surface area (Å²) in [6, 6.07) is 0. The molecule has 6 heteroatoms. The molecule has 1 heterocycles. The Kier molecular flexibility index (Phi) is 16.1. The van der Waals surface area contributed by atoms with Gasteiger partial charge in [0, 0.05) is 0 Å². The van der Waals surface area contributed by atoms with Crippen LogP contribution in [0.3, 0.4) is 0 Å². The molecule has 4 N–H and O–H groups in total. The van der Waals surface area contributed by atoms with Gasteiger partial charge in [0.15, 0.2) is 6.29 Å². The fourth-order valence-corrected chi connectivity index (χ4v) is 4.13. The van der Waals surface area contributed by atoms with Gasteiger partial charge in [-0.2, -0.15) is 0 Å². The van der Waals surface area contributed by atoms with Crippen LogP contribution in [0.2, 0.25) is 0 Å². The molecule has 0 spiro atoms. The molecular formula is C24H48O6. The van der Waals surface area contributed by atoms with E-state index in [0.29, 0.717) is 0 Å². The molecule has 0 aromatic carbocycles. The quantitative estimate of drug-likeness (QED) is 0.244. The second kappa shape index (κ2) is 17.3. The minimum Gasteiger partial charge on any atom is -0.394 e. The van der Waals surface area contributed by atoms with Crippen LogP contribution < -0.4 is 0 Å². The minimum absolute atomic E-state index is 0.0479. The summed E-state index contributed by atoms with van der Waals surface area (Å²) in [7, 11) is 0. The van der Waals surface area contributed by atoms with Crippen molar-refractivity contribution in [3.63, 3.8) is 0 Å². The van der Waals surface area contributed by atoms with E-state index in [1.54, 1.807) is 0 Å². The topological polar surface area (TPSA) is 99.4 Å². The Morgan fingerprint density at radius 2 is 1.13 bits per heavy atom. The number of ether oxygens (including phenoxy) is 2. The van der Waals surface area contributed by atoms with E-state index < -0.39 is 37.3 Å². The number of hydrogen-bond acceptors (Lipinski definition) is 6. The lowest BCUT2D eigenvalue weighted by molar-refractivity contribution is -0.312. The predicted molar refractivity (Wildman–Crippen MR) is 119 cm³/mol. The van der Waals surface area contributed by atoms with Gasteiger partial charge in [0.2, 0.25) is 0 Å². The number of hydrogen-bond donors (Lipinski definition) is 4. The second-order valence-corrected chi connectivity index (χ2v) is 8.92. The molecule has 1 aliphatic rings. The normalized spacial score (nSPS) is 28.0. The highest BCUT2D eigenvalue weighted by atomic mass is 16.7. The molecule has 30 heavy (non-hydrogen) atoms. The van der Waals surface area contributed by atoms with E-state index in [-0.39, 0.29) is 6.10 Å². The fourth-order valence-electron chi connectivity index (χ4n) is 4.13. The molecular weight excluding hydrogens is 384 g/mol. The van der Waals surface area contributed by atoms with Crippen LogP contribution in [0.25, 0.3) is 0 Å². The van der Waals surface area contributed by atoms with E-state index in [4.69, 9.17) is 9.47 Å². The highest BCUT2D eigenvalue weighted by Crippen LogP contribution is 2.26. The fraction of sp³-hybridized carbons (Fsp3) is 1.00. The van der Waals surface area contributed by atoms with Gasteiger partial charge in [0.25, 0.3) is 0 Å². The monoisotopic (exact) mass is 432 g/mol. The average molecular weight is 433 g/mol. The molecule has 0 bridgehead atoms. The molecule has 0 aliphatic carbocycles. The molecule has 1 fully saturated rings. The van der Waals surface area contributed by atoms with Crippen molar-refractivity contribution in [3.05, 3.63) is 0 Å². The Morgan fingerprint density at radius 1 is 0.667 bits per heavy atom. The third kappa shape index (κ3) is 10.9. The summed E-state index contributed by atoms with van der Waals surface area (Å²) in [6.45, 7) is 4.01. The summed E-state index contributed by atoms with van der Waals surface area (Å²) >= 11 is 0. The zero-order valence-electron chi connectivity index (χ0n) is 19.4. The van der Waals surface area contributed by atoms with Gasteiger partial charge in [-0.15, -0.1) is 0 Å². The Morgan fingerprint density at radius 3 is 1.60 bits per heavy atom. The number of aliphatic hydroxyl groups is 4. The first kappa shape index (κ1) is 27.8. The Labute approximate surface area is 184 Å². The van der Waals surface area contributed by atoms with E-state index in [0.717, 1.165) is 25.7 Å². The second-order valence-electron chi connectivity index (χ2n) is 8.92. The molecule has 1 rings (SSSR count). The van der Waals surface area contributed by atoms with E-state index >= 15 is 0 Å². The standard InChI is InChI=1S/C24H48O6/c1-3-5-7-9-11-13-15-17-19(16-14-12-10-8-6-4-2)29-24-23(28)22(27)21(26)20(18-25)30-24/h19-28H,3-18H2,1-2H3/t19?,20-,21-,22+,23-,24?/m1/s1. The molecule has 0 saturated carbocycles. The Hall–Kier alpha value is -0.240. The zero-order valence-corrected chi connectivity index (χ0v) is 19.4. The summed E-state index contributed by atoms with van der Waals surface area (Å²) in [5.41, 5.74) is 0. The summed E-state index contributed by atoms with van der Waals surface area (Å²) in [4.78, 5) is 0. The van der Waals surface area contributed by atoms with Gasteiger partial charge >= 0.3 is 0 Å². The molecule has 1 saturated heterocycles. The third-order valence-electron chi connectivity index (χ3n) is 6.18. The van der Waals surface area contributed by atoms with Gasteiger partial charge in [-0.05, 0) is 12.8 Å². The summed E-state index contributed by atoms with van der Waals surface area (Å²) in [6.07, 6.45) is 11.7. The smallest absolute Gasteiger partial charge is 0.186 e. The first-order valence-electron chi connectivity index (χ1n) is 12.5. The number of rotatable bonds is 18. The van der Waals surface area contributed by atoms with Crippen molar-refractivity contribution in [2.24, 2.45) is 0 Å². The maximum atomic E-state index is 10.3.